The Labute approximate surface area is 107 Å². The van der Waals surface area contributed by atoms with Crippen LogP contribution in [-0.2, 0) is 14.8 Å². The number of hydrogen-bond acceptors (Lipinski definition) is 5. The Hall–Kier alpha value is -1.18. The van der Waals surface area contributed by atoms with Gasteiger partial charge in [0, 0.05) is 26.4 Å². The summed E-state index contributed by atoms with van der Waals surface area (Å²) in [6.45, 7) is 1.75. The van der Waals surface area contributed by atoms with Gasteiger partial charge in [0.2, 0.25) is 10.0 Å². The average molecular weight is 271 g/mol. The Morgan fingerprint density at radius 2 is 2.33 bits per heavy atom. The SMILES string of the molecule is CNc1ccc(S(=O)(=O)NCC2CCOC2)cn1. The molecule has 1 unspecified atom stereocenters. The van der Waals surface area contributed by atoms with Crippen LogP contribution in [0.4, 0.5) is 5.82 Å². The predicted octanol–water partition coefficient (Wildman–Crippen LogP) is 0.438. The van der Waals surface area contributed by atoms with Gasteiger partial charge in [-0.1, -0.05) is 0 Å². The highest BCUT2D eigenvalue weighted by molar-refractivity contribution is 7.89. The molecule has 18 heavy (non-hydrogen) atoms. The quantitative estimate of drug-likeness (QED) is 0.812. The van der Waals surface area contributed by atoms with Gasteiger partial charge in [0.15, 0.2) is 0 Å². The maximum atomic E-state index is 12.0. The largest absolute Gasteiger partial charge is 0.381 e. The molecule has 1 aliphatic heterocycles. The first-order chi connectivity index (χ1) is 8.62. The molecule has 2 rings (SSSR count). The molecule has 0 spiro atoms. The maximum absolute atomic E-state index is 12.0. The Morgan fingerprint density at radius 3 is 2.89 bits per heavy atom. The molecule has 0 aromatic carbocycles. The number of ether oxygens (including phenoxy) is 1. The molecule has 1 aromatic heterocycles. The molecule has 1 fully saturated rings. The van der Waals surface area contributed by atoms with Crippen molar-refractivity contribution in [1.82, 2.24) is 9.71 Å². The van der Waals surface area contributed by atoms with Crippen molar-refractivity contribution in [3.8, 4) is 0 Å². The van der Waals surface area contributed by atoms with E-state index in [0.29, 0.717) is 25.6 Å². The fraction of sp³-hybridized carbons (Fsp3) is 0.545. The van der Waals surface area contributed by atoms with E-state index in [1.807, 2.05) is 0 Å². The highest BCUT2D eigenvalue weighted by Crippen LogP contribution is 2.14. The molecule has 0 saturated carbocycles. The molecular formula is C11H17N3O3S. The normalized spacial score (nSPS) is 19.9. The van der Waals surface area contributed by atoms with Crippen LogP contribution in [-0.4, -0.2) is 40.2 Å². The van der Waals surface area contributed by atoms with E-state index < -0.39 is 10.0 Å². The standard InChI is InChI=1S/C11H17N3O3S/c1-12-11-3-2-10(7-13-11)18(15,16)14-6-9-4-5-17-8-9/h2-3,7,9,14H,4-6,8H2,1H3,(H,12,13). The minimum Gasteiger partial charge on any atom is -0.381 e. The van der Waals surface area contributed by atoms with Crippen LogP contribution in [0, 0.1) is 5.92 Å². The maximum Gasteiger partial charge on any atom is 0.242 e. The summed E-state index contributed by atoms with van der Waals surface area (Å²) in [6.07, 6.45) is 2.25. The summed E-state index contributed by atoms with van der Waals surface area (Å²) < 4.78 is 31.7. The topological polar surface area (TPSA) is 80.3 Å². The van der Waals surface area contributed by atoms with E-state index >= 15 is 0 Å². The van der Waals surface area contributed by atoms with Crippen LogP contribution in [0.25, 0.3) is 0 Å². The zero-order valence-electron chi connectivity index (χ0n) is 10.2. The van der Waals surface area contributed by atoms with Crippen molar-refractivity contribution < 1.29 is 13.2 Å². The zero-order chi connectivity index (χ0) is 13.0. The number of nitrogens with zero attached hydrogens (tertiary/aromatic N) is 1. The van der Waals surface area contributed by atoms with Gasteiger partial charge in [-0.15, -0.1) is 0 Å². The van der Waals surface area contributed by atoms with E-state index in [0.717, 1.165) is 6.42 Å². The summed E-state index contributed by atoms with van der Waals surface area (Å²) in [5, 5.41) is 2.84. The summed E-state index contributed by atoms with van der Waals surface area (Å²) in [6, 6.07) is 3.17. The first kappa shape index (κ1) is 13.3. The van der Waals surface area contributed by atoms with Gasteiger partial charge in [-0.05, 0) is 24.5 Å². The zero-order valence-corrected chi connectivity index (χ0v) is 11.0. The minimum atomic E-state index is -3.47. The first-order valence-electron chi connectivity index (χ1n) is 5.83. The third-order valence-corrected chi connectivity index (χ3v) is 4.30. The molecule has 1 aliphatic rings. The van der Waals surface area contributed by atoms with Gasteiger partial charge < -0.3 is 10.1 Å². The Kier molecular flexibility index (Phi) is 4.15. The van der Waals surface area contributed by atoms with Crippen LogP contribution >= 0.6 is 0 Å². The minimum absolute atomic E-state index is 0.181. The van der Waals surface area contributed by atoms with Crippen LogP contribution in [0.3, 0.4) is 0 Å². The summed E-state index contributed by atoms with van der Waals surface area (Å²) in [7, 11) is -1.74. The van der Waals surface area contributed by atoms with Crippen LogP contribution < -0.4 is 10.0 Å². The molecule has 0 amide bonds. The highest BCUT2D eigenvalue weighted by Gasteiger charge is 2.20. The van der Waals surface area contributed by atoms with E-state index in [-0.39, 0.29) is 10.8 Å². The van der Waals surface area contributed by atoms with E-state index in [4.69, 9.17) is 4.74 Å². The van der Waals surface area contributed by atoms with Crippen molar-refractivity contribution in [3.05, 3.63) is 18.3 Å². The summed E-state index contributed by atoms with van der Waals surface area (Å²) in [5.41, 5.74) is 0. The Balaban J connectivity index is 2.00. The smallest absolute Gasteiger partial charge is 0.242 e. The lowest BCUT2D eigenvalue weighted by Gasteiger charge is -2.10. The van der Waals surface area contributed by atoms with Gasteiger partial charge in [-0.25, -0.2) is 18.1 Å². The Bertz CT molecular complexity index is 481. The number of hydrogen-bond donors (Lipinski definition) is 2. The van der Waals surface area contributed by atoms with Crippen molar-refractivity contribution in [2.24, 2.45) is 5.92 Å². The third kappa shape index (κ3) is 3.18. The van der Waals surface area contributed by atoms with Gasteiger partial charge in [0.05, 0.1) is 6.61 Å². The molecule has 0 aliphatic carbocycles. The van der Waals surface area contributed by atoms with Gasteiger partial charge in [-0.2, -0.15) is 0 Å². The van der Waals surface area contributed by atoms with Gasteiger partial charge in [0.1, 0.15) is 10.7 Å². The molecule has 2 heterocycles. The number of pyridine rings is 1. The summed E-state index contributed by atoms with van der Waals surface area (Å²) in [5.74, 6) is 0.905. The van der Waals surface area contributed by atoms with Crippen LogP contribution in [0.1, 0.15) is 6.42 Å². The molecule has 1 aromatic rings. The molecule has 6 nitrogen and oxygen atoms in total. The van der Waals surface area contributed by atoms with Crippen molar-refractivity contribution in [3.63, 3.8) is 0 Å². The lowest BCUT2D eigenvalue weighted by atomic mass is 10.1. The number of anilines is 1. The van der Waals surface area contributed by atoms with Crippen LogP contribution in [0.5, 0.6) is 0 Å². The third-order valence-electron chi connectivity index (χ3n) is 2.89. The monoisotopic (exact) mass is 271 g/mol. The van der Waals surface area contributed by atoms with Crippen molar-refractivity contribution in [2.75, 3.05) is 32.1 Å². The van der Waals surface area contributed by atoms with E-state index in [1.54, 1.807) is 13.1 Å². The van der Waals surface area contributed by atoms with Crippen molar-refractivity contribution in [2.45, 2.75) is 11.3 Å². The average Bonchev–Trinajstić information content (AvgIpc) is 2.90. The fourth-order valence-electron chi connectivity index (χ4n) is 1.74. The molecule has 1 atom stereocenters. The number of aromatic nitrogens is 1. The second-order valence-corrected chi connectivity index (χ2v) is 5.98. The van der Waals surface area contributed by atoms with Gasteiger partial charge >= 0.3 is 0 Å². The molecule has 0 bridgehead atoms. The van der Waals surface area contributed by atoms with E-state index in [1.165, 1.54) is 12.3 Å². The highest BCUT2D eigenvalue weighted by atomic mass is 32.2. The molecule has 1 saturated heterocycles. The molecule has 7 heteroatoms. The Morgan fingerprint density at radius 1 is 1.50 bits per heavy atom. The predicted molar refractivity (Wildman–Crippen MR) is 67.9 cm³/mol. The lowest BCUT2D eigenvalue weighted by molar-refractivity contribution is 0.186. The van der Waals surface area contributed by atoms with Crippen molar-refractivity contribution in [1.29, 1.82) is 0 Å². The van der Waals surface area contributed by atoms with Crippen LogP contribution in [0.2, 0.25) is 0 Å². The lowest BCUT2D eigenvalue weighted by Crippen LogP contribution is -2.29. The summed E-state index contributed by atoms with van der Waals surface area (Å²) in [4.78, 5) is 4.17. The van der Waals surface area contributed by atoms with E-state index in [9.17, 15) is 8.42 Å². The molecule has 100 valence electrons. The second-order valence-electron chi connectivity index (χ2n) is 4.21. The van der Waals surface area contributed by atoms with E-state index in [2.05, 4.69) is 15.0 Å². The number of nitrogens with one attached hydrogen (secondary N) is 2. The van der Waals surface area contributed by atoms with Crippen LogP contribution in [0.15, 0.2) is 23.2 Å². The number of sulfonamides is 1. The number of rotatable bonds is 5. The molecule has 2 N–H and O–H groups in total. The van der Waals surface area contributed by atoms with Gasteiger partial charge in [0.25, 0.3) is 0 Å². The molecular weight excluding hydrogens is 254 g/mol. The van der Waals surface area contributed by atoms with Crippen molar-refractivity contribution >= 4 is 15.8 Å². The van der Waals surface area contributed by atoms with Gasteiger partial charge in [-0.3, -0.25) is 0 Å². The molecule has 0 radical (unpaired) electrons. The fourth-order valence-corrected chi connectivity index (χ4v) is 2.80. The first-order valence-corrected chi connectivity index (χ1v) is 7.31. The second kappa shape index (κ2) is 5.64. The summed E-state index contributed by atoms with van der Waals surface area (Å²) >= 11 is 0.